The van der Waals surface area contributed by atoms with Gasteiger partial charge in [-0.25, -0.2) is 9.97 Å². The zero-order chi connectivity index (χ0) is 30.5. The zero-order valence-electron chi connectivity index (χ0n) is 25.1. The van der Waals surface area contributed by atoms with Crippen molar-refractivity contribution >= 4 is 5.91 Å². The molecule has 3 heterocycles. The van der Waals surface area contributed by atoms with Crippen molar-refractivity contribution in [2.24, 2.45) is 25.9 Å². The van der Waals surface area contributed by atoms with Crippen molar-refractivity contribution in [1.82, 2.24) is 34.8 Å². The second-order valence-electron chi connectivity index (χ2n) is 11.7. The van der Waals surface area contributed by atoms with Crippen molar-refractivity contribution < 1.29 is 4.79 Å². The monoisotopic (exact) mass is 584 g/mol. The average Bonchev–Trinajstić information content (AvgIpc) is 3.69. The summed E-state index contributed by atoms with van der Waals surface area (Å²) in [5, 5.41) is 21.4. The zero-order valence-corrected chi connectivity index (χ0v) is 25.1. The maximum absolute atomic E-state index is 13.8. The highest BCUT2D eigenvalue weighted by Gasteiger charge is 2.33. The Balaban J connectivity index is 1.17. The smallest absolute Gasteiger partial charge is 0.228 e. The summed E-state index contributed by atoms with van der Waals surface area (Å²) in [6.45, 7) is 0.508. The molecule has 9 nitrogen and oxygen atoms in total. The Kier molecular flexibility index (Phi) is 8.59. The number of amides is 1. The maximum atomic E-state index is 13.8. The van der Waals surface area contributed by atoms with Gasteiger partial charge in [0.2, 0.25) is 5.91 Å². The topological polar surface area (TPSA) is 114 Å². The molecule has 222 valence electrons. The molecule has 3 aromatic heterocycles. The van der Waals surface area contributed by atoms with Crippen molar-refractivity contribution in [2.75, 3.05) is 0 Å². The molecular weight excluding hydrogens is 548 g/mol. The second kappa shape index (κ2) is 13.0. The Hall–Kier alpha value is -5.10. The van der Waals surface area contributed by atoms with Crippen molar-refractivity contribution in [2.45, 2.75) is 44.6 Å². The number of benzene rings is 2. The molecule has 0 aliphatic heterocycles. The summed E-state index contributed by atoms with van der Waals surface area (Å²) in [7, 11) is 3.76. The molecule has 6 rings (SSSR count). The van der Waals surface area contributed by atoms with E-state index in [-0.39, 0.29) is 17.7 Å². The lowest BCUT2D eigenvalue weighted by molar-refractivity contribution is -0.124. The summed E-state index contributed by atoms with van der Waals surface area (Å²) in [4.78, 5) is 23.1. The van der Waals surface area contributed by atoms with Crippen LogP contribution in [-0.4, -0.2) is 35.4 Å². The predicted molar refractivity (Wildman–Crippen MR) is 168 cm³/mol. The summed E-state index contributed by atoms with van der Waals surface area (Å²) in [6.07, 6.45) is 11.8. The molecule has 9 heteroatoms. The lowest BCUT2D eigenvalue weighted by Crippen LogP contribution is -2.35. The highest BCUT2D eigenvalue weighted by Crippen LogP contribution is 2.40. The van der Waals surface area contributed by atoms with Gasteiger partial charge in [0.1, 0.15) is 17.6 Å². The van der Waals surface area contributed by atoms with Gasteiger partial charge in [-0.3, -0.25) is 14.2 Å². The molecule has 1 amide bonds. The van der Waals surface area contributed by atoms with Crippen LogP contribution in [0.5, 0.6) is 0 Å². The highest BCUT2D eigenvalue weighted by molar-refractivity contribution is 5.84. The van der Waals surface area contributed by atoms with Crippen LogP contribution in [0.15, 0.2) is 85.5 Å². The molecule has 1 atom stereocenters. The summed E-state index contributed by atoms with van der Waals surface area (Å²) >= 11 is 0. The van der Waals surface area contributed by atoms with E-state index in [0.717, 1.165) is 65.9 Å². The first-order chi connectivity index (χ1) is 21.5. The summed E-state index contributed by atoms with van der Waals surface area (Å²) in [6, 6.07) is 22.5. The Labute approximate surface area is 257 Å². The fourth-order valence-corrected chi connectivity index (χ4v) is 6.37. The third-order valence-electron chi connectivity index (χ3n) is 8.76. The normalized spacial score (nSPS) is 17.1. The van der Waals surface area contributed by atoms with Gasteiger partial charge in [-0.05, 0) is 60.3 Å². The van der Waals surface area contributed by atoms with Crippen LogP contribution >= 0.6 is 0 Å². The van der Waals surface area contributed by atoms with E-state index in [1.165, 1.54) is 0 Å². The van der Waals surface area contributed by atoms with Gasteiger partial charge in [-0.2, -0.15) is 15.5 Å². The molecule has 1 unspecified atom stereocenters. The van der Waals surface area contributed by atoms with Crippen LogP contribution < -0.4 is 5.32 Å². The van der Waals surface area contributed by atoms with E-state index in [0.29, 0.717) is 23.7 Å². The van der Waals surface area contributed by atoms with Crippen molar-refractivity contribution in [3.63, 3.8) is 0 Å². The van der Waals surface area contributed by atoms with Crippen molar-refractivity contribution in [3.8, 4) is 28.6 Å². The third kappa shape index (κ3) is 6.45. The van der Waals surface area contributed by atoms with E-state index in [4.69, 9.17) is 4.98 Å². The number of hydrogen-bond donors (Lipinski definition) is 1. The van der Waals surface area contributed by atoms with Gasteiger partial charge in [0.15, 0.2) is 0 Å². The summed E-state index contributed by atoms with van der Waals surface area (Å²) in [5.74, 6) is 1.23. The molecule has 0 spiro atoms. The molecule has 0 saturated heterocycles. The standard InChI is InChI=1S/C35H36N8O/c1-42-23-30(22-40-42)26-12-14-28(15-13-26)33(35(44)38-20-25-6-4-3-5-7-25)27-10-8-24(9-11-27)18-32-37-21-29(19-36)34(41-32)31-16-17-39-43(31)2/h3-7,12-17,21-24,27,33H,8-11,18,20H2,1-2H3,(H,38,44). The lowest BCUT2D eigenvalue weighted by Gasteiger charge is -2.33. The summed E-state index contributed by atoms with van der Waals surface area (Å²) in [5.41, 5.74) is 6.14. The van der Waals surface area contributed by atoms with Gasteiger partial charge in [0.25, 0.3) is 0 Å². The number of aryl methyl sites for hydroxylation is 2. The first-order valence-electron chi connectivity index (χ1n) is 15.1. The maximum Gasteiger partial charge on any atom is 0.228 e. The van der Waals surface area contributed by atoms with Crippen LogP contribution in [0.1, 0.15) is 54.1 Å². The van der Waals surface area contributed by atoms with E-state index in [2.05, 4.69) is 50.8 Å². The Morgan fingerprint density at radius 3 is 2.41 bits per heavy atom. The van der Waals surface area contributed by atoms with Gasteiger partial charge >= 0.3 is 0 Å². The van der Waals surface area contributed by atoms with Gasteiger partial charge in [-0.1, -0.05) is 54.6 Å². The number of carbonyl (C=O) groups excluding carboxylic acids is 1. The molecular formula is C35H36N8O. The number of nitrogens with one attached hydrogen (secondary N) is 1. The van der Waals surface area contributed by atoms with E-state index in [1.807, 2.05) is 62.9 Å². The molecule has 44 heavy (non-hydrogen) atoms. The van der Waals surface area contributed by atoms with Crippen LogP contribution in [-0.2, 0) is 31.9 Å². The SMILES string of the molecule is Cn1cc(-c2ccc(C(C(=O)NCc3ccccc3)C3CCC(Cc4ncc(C#N)c(-c5ccnn5C)n4)CC3)cc2)cn1. The van der Waals surface area contributed by atoms with Gasteiger partial charge in [0, 0.05) is 51.2 Å². The Morgan fingerprint density at radius 1 is 0.977 bits per heavy atom. The number of hydrogen-bond acceptors (Lipinski definition) is 6. The minimum absolute atomic E-state index is 0.0719. The largest absolute Gasteiger partial charge is 0.351 e. The number of aromatic nitrogens is 6. The number of rotatable bonds is 9. The van der Waals surface area contributed by atoms with Gasteiger partial charge in [-0.15, -0.1) is 0 Å². The first-order valence-corrected chi connectivity index (χ1v) is 15.1. The van der Waals surface area contributed by atoms with Crippen LogP contribution in [0.2, 0.25) is 0 Å². The second-order valence-corrected chi connectivity index (χ2v) is 11.7. The van der Waals surface area contributed by atoms with Gasteiger partial charge < -0.3 is 5.32 Å². The fourth-order valence-electron chi connectivity index (χ4n) is 6.37. The molecule has 2 aromatic carbocycles. The Morgan fingerprint density at radius 2 is 1.75 bits per heavy atom. The third-order valence-corrected chi connectivity index (χ3v) is 8.76. The Bertz CT molecular complexity index is 1760. The molecule has 1 aliphatic carbocycles. The lowest BCUT2D eigenvalue weighted by atomic mass is 9.72. The van der Waals surface area contributed by atoms with E-state index in [1.54, 1.807) is 21.8 Å². The fraction of sp³-hybridized carbons (Fsp3) is 0.314. The first kappa shape index (κ1) is 29.0. The predicted octanol–water partition coefficient (Wildman–Crippen LogP) is 5.60. The number of nitrogens with zero attached hydrogens (tertiary/aromatic N) is 7. The van der Waals surface area contributed by atoms with Crippen molar-refractivity contribution in [3.05, 3.63) is 108 Å². The molecule has 1 fully saturated rings. The van der Waals surface area contributed by atoms with Crippen LogP contribution in [0.4, 0.5) is 0 Å². The molecule has 0 bridgehead atoms. The van der Waals surface area contributed by atoms with Crippen LogP contribution in [0.3, 0.4) is 0 Å². The van der Waals surface area contributed by atoms with E-state index >= 15 is 0 Å². The molecule has 5 aromatic rings. The molecule has 1 N–H and O–H groups in total. The number of carbonyl (C=O) groups is 1. The summed E-state index contributed by atoms with van der Waals surface area (Å²) < 4.78 is 3.52. The number of nitriles is 1. The molecule has 0 radical (unpaired) electrons. The average molecular weight is 585 g/mol. The van der Waals surface area contributed by atoms with E-state index in [9.17, 15) is 10.1 Å². The van der Waals surface area contributed by atoms with Crippen LogP contribution in [0, 0.1) is 23.2 Å². The molecule has 1 aliphatic rings. The minimum Gasteiger partial charge on any atom is -0.351 e. The van der Waals surface area contributed by atoms with E-state index < -0.39 is 0 Å². The van der Waals surface area contributed by atoms with Crippen LogP contribution in [0.25, 0.3) is 22.5 Å². The highest BCUT2D eigenvalue weighted by atomic mass is 16.1. The van der Waals surface area contributed by atoms with Crippen molar-refractivity contribution in [1.29, 1.82) is 5.26 Å². The van der Waals surface area contributed by atoms with Gasteiger partial charge in [0.05, 0.1) is 23.4 Å². The molecule has 1 saturated carbocycles. The minimum atomic E-state index is -0.231. The quantitative estimate of drug-likeness (QED) is 0.241.